The number of benzene rings is 1. The molecular formula is C14H20N4O. The predicted molar refractivity (Wildman–Crippen MR) is 77.4 cm³/mol. The summed E-state index contributed by atoms with van der Waals surface area (Å²) in [6.07, 6.45) is 2.75. The summed E-state index contributed by atoms with van der Waals surface area (Å²) in [6.45, 7) is 6.93. The van der Waals surface area contributed by atoms with Gasteiger partial charge in [0, 0.05) is 18.3 Å². The van der Waals surface area contributed by atoms with Gasteiger partial charge in [-0.15, -0.1) is 0 Å². The van der Waals surface area contributed by atoms with E-state index in [9.17, 15) is 4.79 Å². The minimum Gasteiger partial charge on any atom is -0.338 e. The van der Waals surface area contributed by atoms with Crippen molar-refractivity contribution in [3.8, 4) is 0 Å². The number of carbonyl (C=O) groups excluding carboxylic acids is 1. The van der Waals surface area contributed by atoms with Gasteiger partial charge in [-0.2, -0.15) is 0 Å². The van der Waals surface area contributed by atoms with Crippen LogP contribution in [0.5, 0.6) is 0 Å². The van der Waals surface area contributed by atoms with Crippen LogP contribution >= 0.6 is 0 Å². The van der Waals surface area contributed by atoms with Crippen LogP contribution in [0, 0.1) is 0 Å². The van der Waals surface area contributed by atoms with Crippen LogP contribution in [0.4, 0.5) is 10.5 Å². The Morgan fingerprint density at radius 3 is 2.89 bits per heavy atom. The molecule has 0 spiro atoms. The Labute approximate surface area is 113 Å². The molecule has 0 fully saturated rings. The second-order valence-electron chi connectivity index (χ2n) is 4.83. The van der Waals surface area contributed by atoms with E-state index < -0.39 is 0 Å². The molecule has 1 heterocycles. The van der Waals surface area contributed by atoms with Crippen LogP contribution in [0.1, 0.15) is 33.2 Å². The highest BCUT2D eigenvalue weighted by Gasteiger charge is 2.07. The number of nitrogens with zero attached hydrogens (tertiary/aromatic N) is 2. The molecule has 2 amide bonds. The second kappa shape index (κ2) is 5.73. The summed E-state index contributed by atoms with van der Waals surface area (Å²) in [5, 5.41) is 5.58. The standard InChI is InChI=1S/C14H20N4O/c1-4-7-15-14(19)17-11-5-6-13-12(8-11)16-9-18(13)10(2)3/h5-6,8-10H,4,7H2,1-3H3,(H2,15,17,19). The Morgan fingerprint density at radius 1 is 1.42 bits per heavy atom. The Hall–Kier alpha value is -2.04. The first-order valence-electron chi connectivity index (χ1n) is 6.63. The molecule has 0 unspecified atom stereocenters. The molecule has 0 aliphatic carbocycles. The number of aromatic nitrogens is 2. The molecule has 2 aromatic rings. The molecule has 0 radical (unpaired) electrons. The van der Waals surface area contributed by atoms with Crippen LogP contribution in [0.3, 0.4) is 0 Å². The van der Waals surface area contributed by atoms with Gasteiger partial charge < -0.3 is 15.2 Å². The summed E-state index contributed by atoms with van der Waals surface area (Å²) in [6, 6.07) is 5.97. The molecule has 102 valence electrons. The number of anilines is 1. The number of amides is 2. The van der Waals surface area contributed by atoms with E-state index in [-0.39, 0.29) is 6.03 Å². The number of nitrogens with one attached hydrogen (secondary N) is 2. The summed E-state index contributed by atoms with van der Waals surface area (Å²) < 4.78 is 2.11. The lowest BCUT2D eigenvalue weighted by Crippen LogP contribution is -2.29. The molecule has 19 heavy (non-hydrogen) atoms. The molecule has 2 rings (SSSR count). The molecule has 1 aromatic carbocycles. The smallest absolute Gasteiger partial charge is 0.319 e. The Bertz CT molecular complexity index is 574. The highest BCUT2D eigenvalue weighted by Crippen LogP contribution is 2.20. The molecule has 0 saturated carbocycles. The maximum atomic E-state index is 11.6. The van der Waals surface area contributed by atoms with Crippen molar-refractivity contribution in [3.05, 3.63) is 24.5 Å². The van der Waals surface area contributed by atoms with Crippen LogP contribution < -0.4 is 10.6 Å². The van der Waals surface area contributed by atoms with E-state index >= 15 is 0 Å². The molecule has 1 aromatic heterocycles. The molecule has 0 aliphatic heterocycles. The number of hydrogen-bond donors (Lipinski definition) is 2. The Morgan fingerprint density at radius 2 is 2.21 bits per heavy atom. The van der Waals surface area contributed by atoms with Gasteiger partial charge in [0.25, 0.3) is 0 Å². The minimum atomic E-state index is -0.176. The largest absolute Gasteiger partial charge is 0.338 e. The topological polar surface area (TPSA) is 59.0 Å². The van der Waals surface area contributed by atoms with Gasteiger partial charge in [-0.05, 0) is 38.5 Å². The monoisotopic (exact) mass is 260 g/mol. The molecule has 0 saturated heterocycles. The number of fused-ring (bicyclic) bond motifs is 1. The minimum absolute atomic E-state index is 0.176. The fourth-order valence-electron chi connectivity index (χ4n) is 1.93. The lowest BCUT2D eigenvalue weighted by Gasteiger charge is -2.09. The van der Waals surface area contributed by atoms with Crippen molar-refractivity contribution in [1.29, 1.82) is 0 Å². The van der Waals surface area contributed by atoms with Crippen molar-refractivity contribution in [1.82, 2.24) is 14.9 Å². The van der Waals surface area contributed by atoms with E-state index in [1.165, 1.54) is 0 Å². The van der Waals surface area contributed by atoms with Crippen LogP contribution in [-0.4, -0.2) is 22.1 Å². The number of carbonyl (C=O) groups is 1. The van der Waals surface area contributed by atoms with E-state index in [2.05, 4.69) is 34.0 Å². The van der Waals surface area contributed by atoms with Crippen LogP contribution in [0.2, 0.25) is 0 Å². The van der Waals surface area contributed by atoms with Gasteiger partial charge >= 0.3 is 6.03 Å². The van der Waals surface area contributed by atoms with Crippen LogP contribution in [0.15, 0.2) is 24.5 Å². The van der Waals surface area contributed by atoms with Crippen molar-refractivity contribution in [3.63, 3.8) is 0 Å². The molecule has 2 N–H and O–H groups in total. The highest BCUT2D eigenvalue weighted by atomic mass is 16.2. The number of urea groups is 1. The molecule has 0 aliphatic rings. The van der Waals surface area contributed by atoms with Crippen molar-refractivity contribution in [2.24, 2.45) is 0 Å². The van der Waals surface area contributed by atoms with E-state index in [0.717, 1.165) is 23.1 Å². The third-order valence-electron chi connectivity index (χ3n) is 2.92. The van der Waals surface area contributed by atoms with E-state index in [4.69, 9.17) is 0 Å². The van der Waals surface area contributed by atoms with E-state index in [0.29, 0.717) is 12.6 Å². The Balaban J connectivity index is 2.16. The third-order valence-corrected chi connectivity index (χ3v) is 2.92. The zero-order chi connectivity index (χ0) is 13.8. The van der Waals surface area contributed by atoms with Gasteiger partial charge in [-0.1, -0.05) is 6.92 Å². The van der Waals surface area contributed by atoms with Crippen LogP contribution in [-0.2, 0) is 0 Å². The molecule has 5 heteroatoms. The molecular weight excluding hydrogens is 240 g/mol. The van der Waals surface area contributed by atoms with Gasteiger partial charge in [0.2, 0.25) is 0 Å². The zero-order valence-electron chi connectivity index (χ0n) is 11.6. The Kier molecular flexibility index (Phi) is 4.04. The average Bonchev–Trinajstić information content (AvgIpc) is 2.79. The second-order valence-corrected chi connectivity index (χ2v) is 4.83. The van der Waals surface area contributed by atoms with E-state index in [1.54, 1.807) is 0 Å². The van der Waals surface area contributed by atoms with Gasteiger partial charge in [0.05, 0.1) is 17.4 Å². The normalized spacial score (nSPS) is 10.9. The van der Waals surface area contributed by atoms with Gasteiger partial charge in [0.1, 0.15) is 0 Å². The number of imidazole rings is 1. The highest BCUT2D eigenvalue weighted by molar-refractivity contribution is 5.91. The fraction of sp³-hybridized carbons (Fsp3) is 0.429. The summed E-state index contributed by atoms with van der Waals surface area (Å²) in [4.78, 5) is 15.9. The van der Waals surface area contributed by atoms with Crippen LogP contribution in [0.25, 0.3) is 11.0 Å². The first kappa shape index (κ1) is 13.4. The first-order valence-corrected chi connectivity index (χ1v) is 6.63. The fourth-order valence-corrected chi connectivity index (χ4v) is 1.93. The summed E-state index contributed by atoms with van der Waals surface area (Å²) in [7, 11) is 0. The summed E-state index contributed by atoms with van der Waals surface area (Å²) >= 11 is 0. The lowest BCUT2D eigenvalue weighted by molar-refractivity contribution is 0.252. The summed E-state index contributed by atoms with van der Waals surface area (Å²) in [5.74, 6) is 0. The maximum Gasteiger partial charge on any atom is 0.319 e. The summed E-state index contributed by atoms with van der Waals surface area (Å²) in [5.41, 5.74) is 2.73. The third kappa shape index (κ3) is 3.05. The number of hydrogen-bond acceptors (Lipinski definition) is 2. The average molecular weight is 260 g/mol. The van der Waals surface area contributed by atoms with E-state index in [1.807, 2.05) is 31.5 Å². The van der Waals surface area contributed by atoms with Crippen molar-refractivity contribution in [2.45, 2.75) is 33.2 Å². The predicted octanol–water partition coefficient (Wildman–Crippen LogP) is 3.15. The number of rotatable bonds is 4. The van der Waals surface area contributed by atoms with Gasteiger partial charge in [0.15, 0.2) is 0 Å². The molecule has 5 nitrogen and oxygen atoms in total. The molecule has 0 bridgehead atoms. The van der Waals surface area contributed by atoms with Gasteiger partial charge in [-0.3, -0.25) is 0 Å². The lowest BCUT2D eigenvalue weighted by atomic mass is 10.2. The quantitative estimate of drug-likeness (QED) is 0.887. The SMILES string of the molecule is CCCNC(=O)Nc1ccc2c(c1)ncn2C(C)C. The van der Waals surface area contributed by atoms with Gasteiger partial charge in [-0.25, -0.2) is 9.78 Å². The van der Waals surface area contributed by atoms with Crippen molar-refractivity contribution < 1.29 is 4.79 Å². The zero-order valence-corrected chi connectivity index (χ0v) is 11.6. The van der Waals surface area contributed by atoms with Crippen molar-refractivity contribution in [2.75, 3.05) is 11.9 Å². The maximum absolute atomic E-state index is 11.6. The van der Waals surface area contributed by atoms with Crippen molar-refractivity contribution >= 4 is 22.8 Å². The first-order chi connectivity index (χ1) is 9.11. The molecule has 0 atom stereocenters.